The monoisotopic (exact) mass is 319 g/mol. The van der Waals surface area contributed by atoms with E-state index in [-0.39, 0.29) is 0 Å². The molecule has 0 saturated carbocycles. The van der Waals surface area contributed by atoms with Crippen LogP contribution in [0.3, 0.4) is 0 Å². The van der Waals surface area contributed by atoms with Crippen LogP contribution in [-0.2, 0) is 13.1 Å². The fourth-order valence-electron chi connectivity index (χ4n) is 2.03. The molecule has 0 aromatic heterocycles. The molecule has 0 aliphatic carbocycles. The van der Waals surface area contributed by atoms with E-state index in [1.807, 2.05) is 30.3 Å². The predicted molar refractivity (Wildman–Crippen MR) is 77.3 cm³/mol. The second kappa shape index (κ2) is 5.63. The van der Waals surface area contributed by atoms with Crippen LogP contribution in [0.25, 0.3) is 0 Å². The lowest BCUT2D eigenvalue weighted by atomic mass is 10.2. The molecule has 0 spiro atoms. The van der Waals surface area contributed by atoms with Crippen molar-refractivity contribution in [2.75, 3.05) is 6.79 Å². The Hall–Kier alpha value is -1.52. The molecule has 1 heterocycles. The first kappa shape index (κ1) is 12.5. The van der Waals surface area contributed by atoms with Crippen LogP contribution >= 0.6 is 15.9 Å². The number of hydrogen-bond acceptors (Lipinski definition) is 3. The summed E-state index contributed by atoms with van der Waals surface area (Å²) in [5.74, 6) is 1.62. The zero-order valence-corrected chi connectivity index (χ0v) is 11.9. The van der Waals surface area contributed by atoms with Crippen molar-refractivity contribution in [3.8, 4) is 11.5 Å². The van der Waals surface area contributed by atoms with Crippen molar-refractivity contribution in [1.29, 1.82) is 0 Å². The Bertz CT molecular complexity index is 572. The first-order chi connectivity index (χ1) is 9.33. The summed E-state index contributed by atoms with van der Waals surface area (Å²) in [6.07, 6.45) is 0. The van der Waals surface area contributed by atoms with Gasteiger partial charge in [-0.3, -0.25) is 0 Å². The number of halogens is 1. The van der Waals surface area contributed by atoms with Gasteiger partial charge in [0.1, 0.15) is 0 Å². The summed E-state index contributed by atoms with van der Waals surface area (Å²) in [6, 6.07) is 14.3. The molecule has 2 aromatic carbocycles. The summed E-state index contributed by atoms with van der Waals surface area (Å²) in [5, 5.41) is 3.42. The Morgan fingerprint density at radius 2 is 1.74 bits per heavy atom. The molecule has 98 valence electrons. The maximum atomic E-state index is 5.39. The number of nitrogens with one attached hydrogen (secondary N) is 1. The standard InChI is InChI=1S/C15H14BrNO2/c16-13-7-15-14(18-10-19-15)6-12(13)9-17-8-11-4-2-1-3-5-11/h1-7,17H,8-10H2. The average molecular weight is 320 g/mol. The highest BCUT2D eigenvalue weighted by atomic mass is 79.9. The zero-order valence-electron chi connectivity index (χ0n) is 10.4. The largest absolute Gasteiger partial charge is 0.454 e. The van der Waals surface area contributed by atoms with E-state index < -0.39 is 0 Å². The number of rotatable bonds is 4. The van der Waals surface area contributed by atoms with Crippen molar-refractivity contribution in [3.05, 3.63) is 58.1 Å². The summed E-state index contributed by atoms with van der Waals surface area (Å²) in [7, 11) is 0. The molecule has 4 heteroatoms. The molecule has 1 aliphatic rings. The minimum atomic E-state index is 0.308. The minimum absolute atomic E-state index is 0.308. The fraction of sp³-hybridized carbons (Fsp3) is 0.200. The van der Waals surface area contributed by atoms with Crippen LogP contribution in [0.5, 0.6) is 11.5 Å². The topological polar surface area (TPSA) is 30.5 Å². The van der Waals surface area contributed by atoms with E-state index in [0.29, 0.717) is 6.79 Å². The third-order valence-corrected chi connectivity index (χ3v) is 3.77. The lowest BCUT2D eigenvalue weighted by Crippen LogP contribution is -2.12. The summed E-state index contributed by atoms with van der Waals surface area (Å²) >= 11 is 3.56. The molecule has 0 amide bonds. The van der Waals surface area contributed by atoms with Gasteiger partial charge in [-0.2, -0.15) is 0 Å². The van der Waals surface area contributed by atoms with Crippen LogP contribution in [0.2, 0.25) is 0 Å². The van der Waals surface area contributed by atoms with Crippen molar-refractivity contribution in [3.63, 3.8) is 0 Å². The number of ether oxygens (including phenoxy) is 2. The van der Waals surface area contributed by atoms with Gasteiger partial charge in [-0.15, -0.1) is 0 Å². The molecular formula is C15H14BrNO2. The Labute approximate surface area is 120 Å². The minimum Gasteiger partial charge on any atom is -0.454 e. The van der Waals surface area contributed by atoms with Crippen LogP contribution in [0.15, 0.2) is 46.9 Å². The number of fused-ring (bicyclic) bond motifs is 1. The molecule has 0 atom stereocenters. The maximum absolute atomic E-state index is 5.39. The van der Waals surface area contributed by atoms with E-state index >= 15 is 0 Å². The average Bonchev–Trinajstić information content (AvgIpc) is 2.87. The van der Waals surface area contributed by atoms with Crippen LogP contribution in [-0.4, -0.2) is 6.79 Å². The SMILES string of the molecule is Brc1cc2c(cc1CNCc1ccccc1)OCO2. The van der Waals surface area contributed by atoms with Gasteiger partial charge in [-0.25, -0.2) is 0 Å². The number of hydrogen-bond donors (Lipinski definition) is 1. The fourth-order valence-corrected chi connectivity index (χ4v) is 2.49. The molecule has 1 aliphatic heterocycles. The van der Waals surface area contributed by atoms with E-state index in [9.17, 15) is 0 Å². The molecule has 3 rings (SSSR count). The van der Waals surface area contributed by atoms with Gasteiger partial charge in [0, 0.05) is 17.6 Å². The number of benzene rings is 2. The first-order valence-corrected chi connectivity index (χ1v) is 6.95. The van der Waals surface area contributed by atoms with Crippen LogP contribution in [0, 0.1) is 0 Å². The molecule has 19 heavy (non-hydrogen) atoms. The zero-order chi connectivity index (χ0) is 13.1. The summed E-state index contributed by atoms with van der Waals surface area (Å²) in [6.45, 7) is 1.94. The van der Waals surface area contributed by atoms with Gasteiger partial charge in [0.05, 0.1) is 0 Å². The second-order valence-electron chi connectivity index (χ2n) is 4.39. The van der Waals surface area contributed by atoms with Gasteiger partial charge in [0.15, 0.2) is 11.5 Å². The van der Waals surface area contributed by atoms with E-state index in [4.69, 9.17) is 9.47 Å². The summed E-state index contributed by atoms with van der Waals surface area (Å²) in [4.78, 5) is 0. The highest BCUT2D eigenvalue weighted by Gasteiger charge is 2.15. The molecule has 0 fully saturated rings. The Morgan fingerprint density at radius 3 is 2.53 bits per heavy atom. The lowest BCUT2D eigenvalue weighted by molar-refractivity contribution is 0.174. The highest BCUT2D eigenvalue weighted by molar-refractivity contribution is 9.10. The van der Waals surface area contributed by atoms with Crippen LogP contribution < -0.4 is 14.8 Å². The van der Waals surface area contributed by atoms with Gasteiger partial charge < -0.3 is 14.8 Å². The van der Waals surface area contributed by atoms with Gasteiger partial charge in [0.25, 0.3) is 0 Å². The summed E-state index contributed by atoms with van der Waals surface area (Å²) in [5.41, 5.74) is 2.44. The van der Waals surface area contributed by atoms with Crippen LogP contribution in [0.4, 0.5) is 0 Å². The smallest absolute Gasteiger partial charge is 0.231 e. The molecule has 1 N–H and O–H groups in total. The molecule has 0 unspecified atom stereocenters. The van der Waals surface area contributed by atoms with Crippen molar-refractivity contribution in [1.82, 2.24) is 5.32 Å². The van der Waals surface area contributed by atoms with E-state index in [2.05, 4.69) is 33.4 Å². The van der Waals surface area contributed by atoms with Crippen molar-refractivity contribution >= 4 is 15.9 Å². The maximum Gasteiger partial charge on any atom is 0.231 e. The Balaban J connectivity index is 1.64. The lowest BCUT2D eigenvalue weighted by Gasteiger charge is -2.08. The van der Waals surface area contributed by atoms with Crippen molar-refractivity contribution in [2.45, 2.75) is 13.1 Å². The summed E-state index contributed by atoms with van der Waals surface area (Å²) < 4.78 is 11.8. The highest BCUT2D eigenvalue weighted by Crippen LogP contribution is 2.36. The molecule has 0 saturated heterocycles. The third-order valence-electron chi connectivity index (χ3n) is 3.03. The van der Waals surface area contributed by atoms with Crippen molar-refractivity contribution < 1.29 is 9.47 Å². The van der Waals surface area contributed by atoms with Crippen LogP contribution in [0.1, 0.15) is 11.1 Å². The van der Waals surface area contributed by atoms with Gasteiger partial charge in [-0.1, -0.05) is 46.3 Å². The Kier molecular flexibility index (Phi) is 3.71. The van der Waals surface area contributed by atoms with E-state index in [1.54, 1.807) is 0 Å². The van der Waals surface area contributed by atoms with Gasteiger partial charge in [0.2, 0.25) is 6.79 Å². The normalized spacial score (nSPS) is 12.7. The molecular weight excluding hydrogens is 306 g/mol. The second-order valence-corrected chi connectivity index (χ2v) is 5.24. The molecule has 3 nitrogen and oxygen atoms in total. The first-order valence-electron chi connectivity index (χ1n) is 6.15. The molecule has 0 radical (unpaired) electrons. The Morgan fingerprint density at radius 1 is 1.00 bits per heavy atom. The third kappa shape index (κ3) is 2.91. The van der Waals surface area contributed by atoms with E-state index in [0.717, 1.165) is 29.1 Å². The molecule has 2 aromatic rings. The van der Waals surface area contributed by atoms with E-state index in [1.165, 1.54) is 11.1 Å². The van der Waals surface area contributed by atoms with Gasteiger partial charge in [-0.05, 0) is 23.3 Å². The van der Waals surface area contributed by atoms with Gasteiger partial charge >= 0.3 is 0 Å². The molecule has 0 bridgehead atoms. The quantitative estimate of drug-likeness (QED) is 0.936. The van der Waals surface area contributed by atoms with Crippen molar-refractivity contribution in [2.24, 2.45) is 0 Å². The predicted octanol–water partition coefficient (Wildman–Crippen LogP) is 3.47.